The van der Waals surface area contributed by atoms with Gasteiger partial charge in [0.05, 0.1) is 18.1 Å². The first kappa shape index (κ1) is 17.0. The Labute approximate surface area is 149 Å². The van der Waals surface area contributed by atoms with Gasteiger partial charge >= 0.3 is 0 Å². The fourth-order valence-corrected chi connectivity index (χ4v) is 2.96. The topological polar surface area (TPSA) is 47.1 Å². The van der Waals surface area contributed by atoms with Gasteiger partial charge in [0.2, 0.25) is 0 Å². The maximum Gasteiger partial charge on any atom is 0.135 e. The standard InChI is InChI=1S/C20H25N5/c1-14(2)25-20(10-11-22-25)24-16(4)12-18(17(24)5)13-21-23-19-8-6-15(3)7-9-19/h6-14,23H,1-5H3/b21-13-. The third kappa shape index (κ3) is 3.50. The zero-order valence-corrected chi connectivity index (χ0v) is 15.5. The summed E-state index contributed by atoms with van der Waals surface area (Å²) in [6.45, 7) is 10.6. The Morgan fingerprint density at radius 2 is 1.80 bits per heavy atom. The number of rotatable bonds is 5. The van der Waals surface area contributed by atoms with E-state index in [0.29, 0.717) is 6.04 Å². The minimum Gasteiger partial charge on any atom is -0.303 e. The molecule has 0 atom stereocenters. The molecule has 2 heterocycles. The van der Waals surface area contributed by atoms with Gasteiger partial charge < -0.3 is 4.57 Å². The van der Waals surface area contributed by atoms with Crippen LogP contribution in [0.15, 0.2) is 47.7 Å². The van der Waals surface area contributed by atoms with Crippen molar-refractivity contribution in [2.75, 3.05) is 5.43 Å². The summed E-state index contributed by atoms with van der Waals surface area (Å²) >= 11 is 0. The molecule has 0 unspecified atom stereocenters. The Balaban J connectivity index is 1.85. The second-order valence-corrected chi connectivity index (χ2v) is 6.63. The minimum atomic E-state index is 0.312. The van der Waals surface area contributed by atoms with E-state index < -0.39 is 0 Å². The molecule has 0 bridgehead atoms. The van der Waals surface area contributed by atoms with Crippen LogP contribution in [-0.2, 0) is 0 Å². The monoisotopic (exact) mass is 335 g/mol. The van der Waals surface area contributed by atoms with Gasteiger partial charge in [0, 0.05) is 29.1 Å². The van der Waals surface area contributed by atoms with Crippen molar-refractivity contribution >= 4 is 11.9 Å². The van der Waals surface area contributed by atoms with E-state index in [2.05, 4.69) is 73.0 Å². The summed E-state index contributed by atoms with van der Waals surface area (Å²) in [7, 11) is 0. The van der Waals surface area contributed by atoms with Gasteiger partial charge in [-0.25, -0.2) is 4.68 Å². The molecule has 0 aliphatic carbocycles. The van der Waals surface area contributed by atoms with E-state index in [1.807, 2.05) is 35.3 Å². The quantitative estimate of drug-likeness (QED) is 0.546. The highest BCUT2D eigenvalue weighted by Crippen LogP contribution is 2.21. The van der Waals surface area contributed by atoms with E-state index in [1.165, 1.54) is 5.56 Å². The van der Waals surface area contributed by atoms with Crippen molar-refractivity contribution < 1.29 is 0 Å². The Morgan fingerprint density at radius 3 is 2.48 bits per heavy atom. The molecule has 0 radical (unpaired) electrons. The van der Waals surface area contributed by atoms with E-state index in [-0.39, 0.29) is 0 Å². The van der Waals surface area contributed by atoms with Crippen molar-refractivity contribution in [2.24, 2.45) is 5.10 Å². The second-order valence-electron chi connectivity index (χ2n) is 6.63. The van der Waals surface area contributed by atoms with Gasteiger partial charge in [0.1, 0.15) is 5.82 Å². The first-order valence-corrected chi connectivity index (χ1v) is 8.56. The molecule has 0 fully saturated rings. The first-order valence-electron chi connectivity index (χ1n) is 8.56. The van der Waals surface area contributed by atoms with Crippen molar-refractivity contribution in [2.45, 2.75) is 40.7 Å². The summed E-state index contributed by atoms with van der Waals surface area (Å²) < 4.78 is 4.26. The molecule has 0 spiro atoms. The molecular formula is C20H25N5. The summed E-state index contributed by atoms with van der Waals surface area (Å²) in [5, 5.41) is 8.83. The highest BCUT2D eigenvalue weighted by atomic mass is 15.3. The van der Waals surface area contributed by atoms with Crippen molar-refractivity contribution in [3.05, 3.63) is 65.1 Å². The van der Waals surface area contributed by atoms with Crippen molar-refractivity contribution in [3.8, 4) is 5.82 Å². The molecule has 0 saturated carbocycles. The van der Waals surface area contributed by atoms with Crippen LogP contribution in [0.5, 0.6) is 0 Å². The van der Waals surface area contributed by atoms with Crippen molar-refractivity contribution in [1.29, 1.82) is 0 Å². The molecule has 0 saturated heterocycles. The van der Waals surface area contributed by atoms with Crippen LogP contribution in [-0.4, -0.2) is 20.6 Å². The van der Waals surface area contributed by atoms with Crippen LogP contribution in [0.2, 0.25) is 0 Å². The van der Waals surface area contributed by atoms with E-state index >= 15 is 0 Å². The molecule has 0 aliphatic rings. The van der Waals surface area contributed by atoms with Crippen LogP contribution in [0.3, 0.4) is 0 Å². The summed E-state index contributed by atoms with van der Waals surface area (Å²) in [4.78, 5) is 0. The van der Waals surface area contributed by atoms with Crippen molar-refractivity contribution in [1.82, 2.24) is 14.3 Å². The van der Waals surface area contributed by atoms with Crippen LogP contribution in [0.1, 0.15) is 42.4 Å². The first-order chi connectivity index (χ1) is 12.0. The van der Waals surface area contributed by atoms with Gasteiger partial charge in [-0.05, 0) is 52.8 Å². The highest BCUT2D eigenvalue weighted by molar-refractivity contribution is 5.82. The number of hydrogen-bond acceptors (Lipinski definition) is 3. The lowest BCUT2D eigenvalue weighted by Gasteiger charge is -2.15. The van der Waals surface area contributed by atoms with Crippen LogP contribution >= 0.6 is 0 Å². The average molecular weight is 335 g/mol. The van der Waals surface area contributed by atoms with E-state index in [1.54, 1.807) is 0 Å². The smallest absolute Gasteiger partial charge is 0.135 e. The Morgan fingerprint density at radius 1 is 1.08 bits per heavy atom. The molecule has 5 nitrogen and oxygen atoms in total. The summed E-state index contributed by atoms with van der Waals surface area (Å²) in [6.07, 6.45) is 3.72. The number of hydrogen-bond donors (Lipinski definition) is 1. The van der Waals surface area contributed by atoms with Gasteiger partial charge in [0.15, 0.2) is 0 Å². The van der Waals surface area contributed by atoms with Crippen LogP contribution in [0.4, 0.5) is 5.69 Å². The number of hydrazone groups is 1. The Bertz CT molecular complexity index is 881. The molecule has 1 aromatic carbocycles. The SMILES string of the molecule is Cc1ccc(N/N=C\c2cc(C)n(-c3ccnn3C(C)C)c2C)cc1. The van der Waals surface area contributed by atoms with Gasteiger partial charge in [-0.3, -0.25) is 5.43 Å². The molecule has 3 aromatic rings. The number of anilines is 1. The maximum atomic E-state index is 4.44. The number of aromatic nitrogens is 3. The fourth-order valence-electron chi connectivity index (χ4n) is 2.96. The molecular weight excluding hydrogens is 310 g/mol. The lowest BCUT2D eigenvalue weighted by Crippen LogP contribution is -2.11. The number of nitrogens with one attached hydrogen (secondary N) is 1. The van der Waals surface area contributed by atoms with Crippen LogP contribution in [0, 0.1) is 20.8 Å². The van der Waals surface area contributed by atoms with Gasteiger partial charge in [0.25, 0.3) is 0 Å². The van der Waals surface area contributed by atoms with Gasteiger partial charge in [-0.1, -0.05) is 17.7 Å². The van der Waals surface area contributed by atoms with E-state index in [4.69, 9.17) is 0 Å². The zero-order valence-electron chi connectivity index (χ0n) is 15.5. The molecule has 1 N–H and O–H groups in total. The molecule has 3 rings (SSSR count). The van der Waals surface area contributed by atoms with Crippen LogP contribution in [0.25, 0.3) is 5.82 Å². The number of benzene rings is 1. The third-order valence-electron chi connectivity index (χ3n) is 4.29. The largest absolute Gasteiger partial charge is 0.303 e. The summed E-state index contributed by atoms with van der Waals surface area (Å²) in [5.41, 5.74) is 8.70. The third-order valence-corrected chi connectivity index (χ3v) is 4.29. The normalized spacial score (nSPS) is 11.6. The van der Waals surface area contributed by atoms with Crippen LogP contribution < -0.4 is 5.43 Å². The molecule has 0 amide bonds. The minimum absolute atomic E-state index is 0.312. The van der Waals surface area contributed by atoms with E-state index in [9.17, 15) is 0 Å². The van der Waals surface area contributed by atoms with E-state index in [0.717, 1.165) is 28.5 Å². The number of nitrogens with zero attached hydrogens (tertiary/aromatic N) is 4. The van der Waals surface area contributed by atoms with Gasteiger partial charge in [-0.15, -0.1) is 0 Å². The number of aryl methyl sites for hydroxylation is 2. The lowest BCUT2D eigenvalue weighted by atomic mass is 10.2. The molecule has 5 heteroatoms. The maximum absolute atomic E-state index is 4.44. The molecule has 25 heavy (non-hydrogen) atoms. The Hall–Kier alpha value is -2.82. The lowest BCUT2D eigenvalue weighted by molar-refractivity contribution is 0.519. The van der Waals surface area contributed by atoms with Gasteiger partial charge in [-0.2, -0.15) is 10.2 Å². The molecule has 2 aromatic heterocycles. The predicted octanol–water partition coefficient (Wildman–Crippen LogP) is 4.63. The zero-order chi connectivity index (χ0) is 18.0. The average Bonchev–Trinajstić information content (AvgIpc) is 3.14. The highest BCUT2D eigenvalue weighted by Gasteiger charge is 2.14. The fraction of sp³-hybridized carbons (Fsp3) is 0.300. The second kappa shape index (κ2) is 6.97. The summed E-state index contributed by atoms with van der Waals surface area (Å²) in [6, 6.07) is 12.7. The van der Waals surface area contributed by atoms with Crippen molar-refractivity contribution in [3.63, 3.8) is 0 Å². The molecule has 0 aliphatic heterocycles. The summed E-state index contributed by atoms with van der Waals surface area (Å²) in [5.74, 6) is 1.08. The predicted molar refractivity (Wildman–Crippen MR) is 104 cm³/mol. The Kier molecular flexibility index (Phi) is 4.74. The molecule has 130 valence electrons.